The molecule has 0 bridgehead atoms. The van der Waals surface area contributed by atoms with Gasteiger partial charge in [-0.15, -0.1) is 5.10 Å². The number of hydrogen-bond donors (Lipinski definition) is 1. The quantitative estimate of drug-likeness (QED) is 0.556. The lowest BCUT2D eigenvalue weighted by Crippen LogP contribution is -2.18. The Balaban J connectivity index is 1.64. The third-order valence-electron chi connectivity index (χ3n) is 3.33. The predicted molar refractivity (Wildman–Crippen MR) is 79.4 cm³/mol. The number of nitrogens with one attached hydrogen (secondary N) is 1. The second-order valence-electron chi connectivity index (χ2n) is 5.07. The minimum Gasteiger partial charge on any atom is -0.350 e. The van der Waals surface area contributed by atoms with Crippen LogP contribution in [0.1, 0.15) is 21.7 Å². The fraction of sp³-hybridized carbons (Fsp3) is 0.125. The van der Waals surface area contributed by atoms with E-state index in [1.807, 2.05) is 10.8 Å². The average molecular weight is 312 g/mol. The van der Waals surface area contributed by atoms with Crippen LogP contribution < -0.4 is 0 Å². The molecule has 0 atom stereocenters. The van der Waals surface area contributed by atoms with Crippen LogP contribution in [-0.2, 0) is 17.8 Å². The highest BCUT2D eigenvalue weighted by atomic mass is 19.1. The Kier molecular flexibility index (Phi) is 4.09. The smallest absolute Gasteiger partial charge is 0.267 e. The Hall–Kier alpha value is -3.09. The maximum atomic E-state index is 12.9. The van der Waals surface area contributed by atoms with Crippen LogP contribution in [0.2, 0.25) is 0 Å². The topological polar surface area (TPSA) is 80.6 Å². The molecular formula is C16H13FN4O2. The summed E-state index contributed by atoms with van der Waals surface area (Å²) in [6.45, 7) is 0.559. The maximum Gasteiger partial charge on any atom is 0.267 e. The van der Waals surface area contributed by atoms with Crippen LogP contribution >= 0.6 is 0 Å². The van der Waals surface area contributed by atoms with Crippen molar-refractivity contribution in [2.24, 2.45) is 0 Å². The Morgan fingerprint density at radius 2 is 1.91 bits per heavy atom. The lowest BCUT2D eigenvalue weighted by atomic mass is 10.1. The molecule has 23 heavy (non-hydrogen) atoms. The van der Waals surface area contributed by atoms with E-state index in [2.05, 4.69) is 15.2 Å². The van der Waals surface area contributed by atoms with Gasteiger partial charge in [-0.3, -0.25) is 14.7 Å². The summed E-state index contributed by atoms with van der Waals surface area (Å²) in [5.41, 5.74) is 1.66. The molecule has 1 N–H and O–H groups in total. The van der Waals surface area contributed by atoms with Crippen molar-refractivity contribution in [1.29, 1.82) is 0 Å². The highest BCUT2D eigenvalue weighted by molar-refractivity contribution is 6.43. The molecule has 0 amide bonds. The normalized spacial score (nSPS) is 10.7. The number of hydrogen-bond acceptors (Lipinski definition) is 4. The van der Waals surface area contributed by atoms with Crippen LogP contribution in [0, 0.1) is 5.82 Å². The zero-order valence-electron chi connectivity index (χ0n) is 12.1. The highest BCUT2D eigenvalue weighted by Gasteiger charge is 2.20. The first-order valence-corrected chi connectivity index (χ1v) is 6.94. The molecule has 7 heteroatoms. The van der Waals surface area contributed by atoms with Gasteiger partial charge in [-0.25, -0.2) is 9.37 Å². The average Bonchev–Trinajstić information content (AvgIpc) is 3.21. The molecule has 0 aliphatic carbocycles. The molecule has 0 saturated carbocycles. The third-order valence-corrected chi connectivity index (χ3v) is 3.33. The van der Waals surface area contributed by atoms with Crippen LogP contribution in [-0.4, -0.2) is 31.3 Å². The van der Waals surface area contributed by atoms with Crippen molar-refractivity contribution < 1.29 is 14.0 Å². The van der Waals surface area contributed by atoms with Gasteiger partial charge in [0, 0.05) is 25.4 Å². The fourth-order valence-corrected chi connectivity index (χ4v) is 2.20. The van der Waals surface area contributed by atoms with E-state index in [1.54, 1.807) is 24.4 Å². The van der Waals surface area contributed by atoms with Gasteiger partial charge < -0.3 is 4.57 Å². The molecule has 1 aromatic carbocycles. The Bertz CT molecular complexity index is 822. The number of carbonyl (C=O) groups is 2. The Labute approximate surface area is 131 Å². The summed E-state index contributed by atoms with van der Waals surface area (Å²) in [5.74, 6) is -1.68. The molecule has 0 fully saturated rings. The largest absolute Gasteiger partial charge is 0.350 e. The maximum absolute atomic E-state index is 12.9. The van der Waals surface area contributed by atoms with Gasteiger partial charge in [0.1, 0.15) is 12.1 Å². The predicted octanol–water partition coefficient (Wildman–Crippen LogP) is 1.79. The zero-order chi connectivity index (χ0) is 16.2. The van der Waals surface area contributed by atoms with Crippen molar-refractivity contribution in [2.45, 2.75) is 13.0 Å². The lowest BCUT2D eigenvalue weighted by Gasteiger charge is -2.03. The molecule has 0 radical (unpaired) electrons. The van der Waals surface area contributed by atoms with Crippen molar-refractivity contribution in [1.82, 2.24) is 19.7 Å². The van der Waals surface area contributed by atoms with Crippen LogP contribution in [0.3, 0.4) is 0 Å². The molecule has 0 aliphatic heterocycles. The first kappa shape index (κ1) is 14.8. The van der Waals surface area contributed by atoms with E-state index >= 15 is 0 Å². The molecule has 0 unspecified atom stereocenters. The van der Waals surface area contributed by atoms with E-state index < -0.39 is 11.6 Å². The monoisotopic (exact) mass is 312 g/mol. The van der Waals surface area contributed by atoms with Crippen LogP contribution in [0.5, 0.6) is 0 Å². The molecule has 6 nitrogen and oxygen atoms in total. The second kappa shape index (κ2) is 6.35. The van der Waals surface area contributed by atoms with Gasteiger partial charge >= 0.3 is 0 Å². The SMILES string of the molecule is O=C(Cc1ccn(Cc2ccc(F)cc2)c1)C(=O)c1nc[nH]n1. The summed E-state index contributed by atoms with van der Waals surface area (Å²) >= 11 is 0. The summed E-state index contributed by atoms with van der Waals surface area (Å²) in [7, 11) is 0. The summed E-state index contributed by atoms with van der Waals surface area (Å²) in [6.07, 6.45) is 4.83. The van der Waals surface area contributed by atoms with Gasteiger partial charge in [0.2, 0.25) is 11.6 Å². The first-order chi connectivity index (χ1) is 11.1. The number of benzene rings is 1. The first-order valence-electron chi connectivity index (χ1n) is 6.94. The third kappa shape index (κ3) is 3.57. The van der Waals surface area contributed by atoms with Crippen molar-refractivity contribution >= 4 is 11.6 Å². The lowest BCUT2D eigenvalue weighted by molar-refractivity contribution is -0.114. The van der Waals surface area contributed by atoms with Crippen LogP contribution in [0.4, 0.5) is 4.39 Å². The molecule has 3 aromatic rings. The van der Waals surface area contributed by atoms with E-state index in [9.17, 15) is 14.0 Å². The second-order valence-corrected chi connectivity index (χ2v) is 5.07. The van der Waals surface area contributed by atoms with E-state index in [4.69, 9.17) is 0 Å². The van der Waals surface area contributed by atoms with E-state index in [0.29, 0.717) is 6.54 Å². The van der Waals surface area contributed by atoms with E-state index in [1.165, 1.54) is 18.5 Å². The summed E-state index contributed by atoms with van der Waals surface area (Å²) in [5, 5.41) is 6.00. The van der Waals surface area contributed by atoms with Crippen molar-refractivity contribution in [3.63, 3.8) is 0 Å². The highest BCUT2D eigenvalue weighted by Crippen LogP contribution is 2.09. The fourth-order valence-electron chi connectivity index (χ4n) is 2.20. The number of H-pyrrole nitrogens is 1. The van der Waals surface area contributed by atoms with Gasteiger partial charge in [0.25, 0.3) is 5.78 Å². The zero-order valence-corrected chi connectivity index (χ0v) is 12.1. The standard InChI is InChI=1S/C16H13FN4O2/c17-13-3-1-11(2-4-13)8-21-6-5-12(9-21)7-14(22)15(23)16-18-10-19-20-16/h1-6,9-10H,7-8H2,(H,18,19,20). The summed E-state index contributed by atoms with van der Waals surface area (Å²) in [6, 6.07) is 7.98. The molecule has 2 heterocycles. The number of halogens is 1. The number of aromatic amines is 1. The van der Waals surface area contributed by atoms with Gasteiger partial charge in [0.05, 0.1) is 0 Å². The summed E-state index contributed by atoms with van der Waals surface area (Å²) < 4.78 is 14.7. The molecule has 116 valence electrons. The van der Waals surface area contributed by atoms with Gasteiger partial charge in [0.15, 0.2) is 0 Å². The number of aromatic nitrogens is 4. The minimum absolute atomic E-state index is 0.0101. The van der Waals surface area contributed by atoms with Gasteiger partial charge in [-0.1, -0.05) is 12.1 Å². The molecule has 2 aromatic heterocycles. The number of nitrogens with zero attached hydrogens (tertiary/aromatic N) is 3. The Morgan fingerprint density at radius 3 is 2.61 bits per heavy atom. The van der Waals surface area contributed by atoms with Crippen molar-refractivity contribution in [2.75, 3.05) is 0 Å². The van der Waals surface area contributed by atoms with Crippen molar-refractivity contribution in [3.05, 3.63) is 71.8 Å². The van der Waals surface area contributed by atoms with Crippen LogP contribution in [0.15, 0.2) is 49.1 Å². The number of carbonyl (C=O) groups excluding carboxylic acids is 2. The molecular weight excluding hydrogens is 299 g/mol. The molecule has 0 saturated heterocycles. The van der Waals surface area contributed by atoms with Gasteiger partial charge in [-0.05, 0) is 29.3 Å². The number of Topliss-reactive ketones (excluding diaryl/α,β-unsaturated/α-hetero) is 2. The van der Waals surface area contributed by atoms with Gasteiger partial charge in [-0.2, -0.15) is 0 Å². The molecule has 0 spiro atoms. The number of rotatable bonds is 6. The van der Waals surface area contributed by atoms with E-state index in [-0.39, 0.29) is 18.1 Å². The molecule has 0 aliphatic rings. The summed E-state index contributed by atoms with van der Waals surface area (Å²) in [4.78, 5) is 27.4. The molecule has 3 rings (SSSR count). The van der Waals surface area contributed by atoms with E-state index in [0.717, 1.165) is 11.1 Å². The van der Waals surface area contributed by atoms with Crippen LogP contribution in [0.25, 0.3) is 0 Å². The number of ketones is 2. The van der Waals surface area contributed by atoms with Crippen molar-refractivity contribution in [3.8, 4) is 0 Å². The minimum atomic E-state index is -0.711. The Morgan fingerprint density at radius 1 is 1.13 bits per heavy atom.